The van der Waals surface area contributed by atoms with E-state index in [9.17, 15) is 16.8 Å². The van der Waals surface area contributed by atoms with E-state index in [1.165, 1.54) is 12.1 Å². The van der Waals surface area contributed by atoms with E-state index in [2.05, 4.69) is 0 Å². The summed E-state index contributed by atoms with van der Waals surface area (Å²) < 4.78 is 50.9. The normalized spacial score (nSPS) is 12.4. The van der Waals surface area contributed by atoms with Crippen molar-refractivity contribution in [3.05, 3.63) is 23.3 Å². The molecule has 6 nitrogen and oxygen atoms in total. The second-order valence-electron chi connectivity index (χ2n) is 4.87. The van der Waals surface area contributed by atoms with Gasteiger partial charge in [0.05, 0.1) is 17.3 Å². The van der Waals surface area contributed by atoms with Crippen LogP contribution in [-0.4, -0.2) is 34.9 Å². The lowest BCUT2D eigenvalue weighted by Crippen LogP contribution is -2.14. The fraction of sp³-hybridized carbons (Fsp3) is 0.538. The zero-order chi connectivity index (χ0) is 16.3. The quantitative estimate of drug-likeness (QED) is 0.753. The van der Waals surface area contributed by atoms with Gasteiger partial charge in [0.2, 0.25) is 10.0 Å². The summed E-state index contributed by atoms with van der Waals surface area (Å²) in [5.41, 5.74) is 1.30. The summed E-state index contributed by atoms with van der Waals surface area (Å²) in [7, 11) is -6.74. The summed E-state index contributed by atoms with van der Waals surface area (Å²) in [5, 5.41) is 5.09. The summed E-state index contributed by atoms with van der Waals surface area (Å²) in [6, 6.07) is 2.89. The number of benzene rings is 1. The fourth-order valence-corrected chi connectivity index (χ4v) is 3.43. The van der Waals surface area contributed by atoms with E-state index in [1.807, 2.05) is 0 Å². The maximum atomic E-state index is 11.4. The Morgan fingerprint density at radius 1 is 1.10 bits per heavy atom. The van der Waals surface area contributed by atoms with Gasteiger partial charge in [-0.2, -0.15) is 0 Å². The second kappa shape index (κ2) is 6.76. The zero-order valence-corrected chi connectivity index (χ0v) is 14.1. The molecule has 21 heavy (non-hydrogen) atoms. The monoisotopic (exact) mass is 335 g/mol. The molecule has 0 saturated heterocycles. The molecule has 0 amide bonds. The fourth-order valence-electron chi connectivity index (χ4n) is 1.90. The standard InChI is InChI=1S/C13H21NO5S2/c1-4-20(15,16)7-5-6-19-13-10(2)8-12(9-11(13)3)21(14,17)18/h8-9H,4-7H2,1-3H3,(H2,14,17,18). The highest BCUT2D eigenvalue weighted by atomic mass is 32.2. The van der Waals surface area contributed by atoms with Crippen molar-refractivity contribution in [1.29, 1.82) is 0 Å². The summed E-state index contributed by atoms with van der Waals surface area (Å²) in [4.78, 5) is 0.0402. The van der Waals surface area contributed by atoms with Crippen LogP contribution in [0, 0.1) is 13.8 Å². The van der Waals surface area contributed by atoms with Gasteiger partial charge in [-0.3, -0.25) is 0 Å². The number of ether oxygens (including phenoxy) is 1. The number of sulfone groups is 1. The SMILES string of the molecule is CCS(=O)(=O)CCCOc1c(C)cc(S(N)(=O)=O)cc1C. The van der Waals surface area contributed by atoms with Gasteiger partial charge in [0.25, 0.3) is 0 Å². The smallest absolute Gasteiger partial charge is 0.238 e. The van der Waals surface area contributed by atoms with E-state index in [-0.39, 0.29) is 23.0 Å². The highest BCUT2D eigenvalue weighted by Gasteiger charge is 2.14. The topological polar surface area (TPSA) is 104 Å². The van der Waals surface area contributed by atoms with Crippen LogP contribution in [0.4, 0.5) is 0 Å². The van der Waals surface area contributed by atoms with Gasteiger partial charge >= 0.3 is 0 Å². The van der Waals surface area contributed by atoms with Gasteiger partial charge in [-0.25, -0.2) is 22.0 Å². The van der Waals surface area contributed by atoms with Gasteiger partial charge in [0, 0.05) is 5.75 Å². The Balaban J connectivity index is 2.78. The Labute approximate surface area is 126 Å². The first-order valence-corrected chi connectivity index (χ1v) is 9.91. The number of sulfonamides is 1. The molecule has 120 valence electrons. The third kappa shape index (κ3) is 5.29. The van der Waals surface area contributed by atoms with Crippen molar-refractivity contribution >= 4 is 19.9 Å². The second-order valence-corrected chi connectivity index (χ2v) is 8.90. The van der Waals surface area contributed by atoms with Crippen LogP contribution in [0.15, 0.2) is 17.0 Å². The highest BCUT2D eigenvalue weighted by Crippen LogP contribution is 2.26. The van der Waals surface area contributed by atoms with Gasteiger partial charge in [0.15, 0.2) is 0 Å². The van der Waals surface area contributed by atoms with Crippen LogP contribution in [0.25, 0.3) is 0 Å². The Morgan fingerprint density at radius 2 is 1.62 bits per heavy atom. The number of hydrogen-bond donors (Lipinski definition) is 1. The van der Waals surface area contributed by atoms with Crippen LogP contribution in [0.1, 0.15) is 24.5 Å². The molecular formula is C13H21NO5S2. The largest absolute Gasteiger partial charge is 0.493 e. The van der Waals surface area contributed by atoms with Crippen molar-refractivity contribution in [2.24, 2.45) is 5.14 Å². The third-order valence-electron chi connectivity index (χ3n) is 3.05. The van der Waals surface area contributed by atoms with Gasteiger partial charge < -0.3 is 4.74 Å². The molecule has 0 heterocycles. The summed E-state index contributed by atoms with van der Waals surface area (Å²) >= 11 is 0. The maximum absolute atomic E-state index is 11.4. The van der Waals surface area contributed by atoms with Crippen molar-refractivity contribution in [1.82, 2.24) is 0 Å². The molecule has 0 bridgehead atoms. The Kier molecular flexibility index (Phi) is 5.77. The van der Waals surface area contributed by atoms with Crippen LogP contribution >= 0.6 is 0 Å². The summed E-state index contributed by atoms with van der Waals surface area (Å²) in [6.45, 7) is 5.31. The number of rotatable bonds is 7. The summed E-state index contributed by atoms with van der Waals surface area (Å²) in [5.74, 6) is 0.765. The molecule has 0 spiro atoms. The van der Waals surface area contributed by atoms with Crippen LogP contribution in [0.5, 0.6) is 5.75 Å². The van der Waals surface area contributed by atoms with Crippen molar-refractivity contribution in [2.45, 2.75) is 32.1 Å². The number of primary sulfonamides is 1. The minimum absolute atomic E-state index is 0.0402. The third-order valence-corrected chi connectivity index (χ3v) is 5.73. The van der Waals surface area contributed by atoms with E-state index in [0.29, 0.717) is 23.3 Å². The molecule has 1 aromatic carbocycles. The average molecular weight is 335 g/mol. The molecule has 0 saturated carbocycles. The Bertz CT molecular complexity index is 685. The Morgan fingerprint density at radius 3 is 2.05 bits per heavy atom. The molecule has 0 aromatic heterocycles. The van der Waals surface area contributed by atoms with Gasteiger partial charge in [0.1, 0.15) is 15.6 Å². The van der Waals surface area contributed by atoms with E-state index in [1.54, 1.807) is 20.8 Å². The number of hydrogen-bond acceptors (Lipinski definition) is 5. The predicted molar refractivity (Wildman–Crippen MR) is 81.7 cm³/mol. The van der Waals surface area contributed by atoms with Crippen LogP contribution in [-0.2, 0) is 19.9 Å². The molecule has 0 aliphatic heterocycles. The molecule has 8 heteroatoms. The molecule has 0 aliphatic rings. The number of nitrogens with two attached hydrogens (primary N) is 1. The molecule has 0 unspecified atom stereocenters. The lowest BCUT2D eigenvalue weighted by Gasteiger charge is -2.13. The van der Waals surface area contributed by atoms with E-state index >= 15 is 0 Å². The van der Waals surface area contributed by atoms with Crippen LogP contribution < -0.4 is 9.88 Å². The molecule has 0 atom stereocenters. The molecule has 2 N–H and O–H groups in total. The Hall–Kier alpha value is -1.12. The lowest BCUT2D eigenvalue weighted by molar-refractivity contribution is 0.313. The van der Waals surface area contributed by atoms with Crippen molar-refractivity contribution in [3.63, 3.8) is 0 Å². The first-order chi connectivity index (χ1) is 9.57. The molecule has 0 fully saturated rings. The highest BCUT2D eigenvalue weighted by molar-refractivity contribution is 7.91. The van der Waals surface area contributed by atoms with Gasteiger partial charge in [-0.15, -0.1) is 0 Å². The molecule has 0 aliphatic carbocycles. The molecular weight excluding hydrogens is 314 g/mol. The van der Waals surface area contributed by atoms with Crippen LogP contribution in [0.2, 0.25) is 0 Å². The van der Waals surface area contributed by atoms with E-state index in [0.717, 1.165) is 0 Å². The first kappa shape index (κ1) is 17.9. The summed E-state index contributed by atoms with van der Waals surface area (Å²) in [6.07, 6.45) is 0.395. The molecule has 1 rings (SSSR count). The van der Waals surface area contributed by atoms with Crippen molar-refractivity contribution in [3.8, 4) is 5.75 Å². The first-order valence-electron chi connectivity index (χ1n) is 6.54. The van der Waals surface area contributed by atoms with Gasteiger partial charge in [-0.05, 0) is 43.5 Å². The van der Waals surface area contributed by atoms with Gasteiger partial charge in [-0.1, -0.05) is 6.92 Å². The molecule has 0 radical (unpaired) electrons. The number of aryl methyl sites for hydroxylation is 2. The zero-order valence-electron chi connectivity index (χ0n) is 12.4. The maximum Gasteiger partial charge on any atom is 0.238 e. The minimum atomic E-state index is -3.75. The van der Waals surface area contributed by atoms with Crippen molar-refractivity contribution < 1.29 is 21.6 Å². The average Bonchev–Trinajstić information content (AvgIpc) is 2.35. The lowest BCUT2D eigenvalue weighted by atomic mass is 10.1. The van der Waals surface area contributed by atoms with E-state index < -0.39 is 19.9 Å². The van der Waals surface area contributed by atoms with E-state index in [4.69, 9.17) is 9.88 Å². The van der Waals surface area contributed by atoms with Crippen molar-refractivity contribution in [2.75, 3.05) is 18.1 Å². The van der Waals surface area contributed by atoms with Crippen LogP contribution in [0.3, 0.4) is 0 Å². The molecule has 1 aromatic rings. The minimum Gasteiger partial charge on any atom is -0.493 e. The predicted octanol–water partition coefficient (Wildman–Crippen LogP) is 1.15.